The van der Waals surface area contributed by atoms with E-state index in [9.17, 15) is 18.0 Å². The third-order valence-corrected chi connectivity index (χ3v) is 4.86. The Labute approximate surface area is 163 Å². The zero-order valence-electron chi connectivity index (χ0n) is 14.8. The molecule has 148 valence electrons. The molecule has 1 aliphatic carbocycles. The average molecular weight is 448 g/mol. The van der Waals surface area contributed by atoms with Crippen molar-refractivity contribution >= 4 is 21.8 Å². The number of aryl methyl sites for hydroxylation is 1. The van der Waals surface area contributed by atoms with Gasteiger partial charge in [-0.2, -0.15) is 23.4 Å². The predicted molar refractivity (Wildman–Crippen MR) is 95.9 cm³/mol. The van der Waals surface area contributed by atoms with Gasteiger partial charge in [0.25, 0.3) is 0 Å². The van der Waals surface area contributed by atoms with Crippen LogP contribution in [0.15, 0.2) is 22.9 Å². The second kappa shape index (κ2) is 8.04. The molecule has 1 aliphatic rings. The minimum atomic E-state index is -4.43. The molecule has 1 amide bonds. The van der Waals surface area contributed by atoms with Gasteiger partial charge in [-0.15, -0.1) is 0 Å². The first-order valence-electron chi connectivity index (χ1n) is 8.84. The number of carbonyl (C=O) groups excluding carboxylic acids is 1. The Balaban J connectivity index is 1.47. The zero-order chi connectivity index (χ0) is 19.6. The molecule has 0 saturated heterocycles. The monoisotopic (exact) mass is 447 g/mol. The summed E-state index contributed by atoms with van der Waals surface area (Å²) in [5.74, 6) is -0.197. The number of carbonyl (C=O) groups is 1. The lowest BCUT2D eigenvalue weighted by atomic mass is 10.1. The van der Waals surface area contributed by atoms with Crippen LogP contribution in [0.25, 0.3) is 0 Å². The summed E-state index contributed by atoms with van der Waals surface area (Å²) in [6, 6.07) is 1.15. The molecule has 10 heteroatoms. The quantitative estimate of drug-likeness (QED) is 0.628. The van der Waals surface area contributed by atoms with Crippen LogP contribution in [-0.2, 0) is 24.1 Å². The largest absolute Gasteiger partial charge is 0.435 e. The van der Waals surface area contributed by atoms with Crippen molar-refractivity contribution in [3.05, 3.63) is 34.3 Å². The number of hydrogen-bond acceptors (Lipinski definition) is 3. The fourth-order valence-electron chi connectivity index (χ4n) is 2.87. The zero-order valence-corrected chi connectivity index (χ0v) is 16.4. The summed E-state index contributed by atoms with van der Waals surface area (Å²) in [7, 11) is 0. The highest BCUT2D eigenvalue weighted by Gasteiger charge is 2.37. The van der Waals surface area contributed by atoms with Crippen LogP contribution in [0.4, 0.5) is 13.2 Å². The second-order valence-corrected chi connectivity index (χ2v) is 7.79. The minimum Gasteiger partial charge on any atom is -0.356 e. The van der Waals surface area contributed by atoms with Crippen LogP contribution in [0.1, 0.15) is 43.5 Å². The van der Waals surface area contributed by atoms with E-state index in [4.69, 9.17) is 0 Å². The fraction of sp³-hybridized carbons (Fsp3) is 0.588. The Kier molecular flexibility index (Phi) is 5.92. The maximum absolute atomic E-state index is 12.9. The van der Waals surface area contributed by atoms with E-state index in [1.165, 1.54) is 4.68 Å². The molecule has 0 radical (unpaired) electrons. The molecule has 2 aromatic rings. The molecule has 1 fully saturated rings. The standard InChI is InChI=1S/C17H21BrF3N5O/c1-11(9-25-10-13(18)8-23-25)16(27)22-5-2-6-26-14(12-3-4-12)7-15(24-26)17(19,20)21/h7-8,10-12H,2-6,9H2,1H3,(H,22,27). The molecule has 0 spiro atoms. The van der Waals surface area contributed by atoms with Gasteiger partial charge in [-0.1, -0.05) is 6.92 Å². The third kappa shape index (κ3) is 5.33. The maximum atomic E-state index is 12.9. The van der Waals surface area contributed by atoms with Gasteiger partial charge in [0.1, 0.15) is 0 Å². The van der Waals surface area contributed by atoms with E-state index in [-0.39, 0.29) is 17.7 Å². The van der Waals surface area contributed by atoms with E-state index in [1.54, 1.807) is 24.0 Å². The van der Waals surface area contributed by atoms with Crippen molar-refractivity contribution in [2.45, 2.75) is 51.4 Å². The first-order valence-corrected chi connectivity index (χ1v) is 9.64. The lowest BCUT2D eigenvalue weighted by molar-refractivity contribution is -0.141. The SMILES string of the molecule is CC(Cn1cc(Br)cn1)C(=O)NCCCn1nc(C(F)(F)F)cc1C1CC1. The Hall–Kier alpha value is -1.84. The molecule has 27 heavy (non-hydrogen) atoms. The van der Waals surface area contributed by atoms with Crippen molar-refractivity contribution in [1.82, 2.24) is 24.9 Å². The summed E-state index contributed by atoms with van der Waals surface area (Å²) < 4.78 is 42.6. The summed E-state index contributed by atoms with van der Waals surface area (Å²) in [5, 5.41) is 10.7. The number of rotatable bonds is 8. The Morgan fingerprint density at radius 1 is 1.44 bits per heavy atom. The van der Waals surface area contributed by atoms with E-state index in [0.717, 1.165) is 23.4 Å². The number of amides is 1. The van der Waals surface area contributed by atoms with Crippen LogP contribution in [0.3, 0.4) is 0 Å². The molecule has 2 heterocycles. The van der Waals surface area contributed by atoms with E-state index in [2.05, 4.69) is 31.4 Å². The van der Waals surface area contributed by atoms with Crippen molar-refractivity contribution in [3.63, 3.8) is 0 Å². The number of hydrogen-bond donors (Lipinski definition) is 1. The van der Waals surface area contributed by atoms with Gasteiger partial charge >= 0.3 is 6.18 Å². The van der Waals surface area contributed by atoms with Gasteiger partial charge in [0.05, 0.1) is 23.1 Å². The van der Waals surface area contributed by atoms with Crippen LogP contribution >= 0.6 is 15.9 Å². The Morgan fingerprint density at radius 2 is 2.19 bits per heavy atom. The molecule has 1 unspecified atom stereocenters. The normalized spacial score (nSPS) is 15.7. The minimum absolute atomic E-state index is 0.111. The summed E-state index contributed by atoms with van der Waals surface area (Å²) in [5.41, 5.74) is -0.196. The highest BCUT2D eigenvalue weighted by atomic mass is 79.9. The summed E-state index contributed by atoms with van der Waals surface area (Å²) in [6.07, 6.45) is 1.34. The van der Waals surface area contributed by atoms with Crippen LogP contribution < -0.4 is 5.32 Å². The number of nitrogens with zero attached hydrogens (tertiary/aromatic N) is 4. The molecule has 6 nitrogen and oxygen atoms in total. The number of nitrogens with one attached hydrogen (secondary N) is 1. The van der Waals surface area contributed by atoms with Crippen molar-refractivity contribution in [2.24, 2.45) is 5.92 Å². The summed E-state index contributed by atoms with van der Waals surface area (Å²) >= 11 is 3.30. The predicted octanol–water partition coefficient (Wildman–Crippen LogP) is 3.58. The van der Waals surface area contributed by atoms with Gasteiger partial charge in [0.15, 0.2) is 5.69 Å². The highest BCUT2D eigenvalue weighted by Crippen LogP contribution is 2.42. The molecule has 0 aromatic carbocycles. The van der Waals surface area contributed by atoms with E-state index >= 15 is 0 Å². The van der Waals surface area contributed by atoms with Gasteiger partial charge < -0.3 is 5.32 Å². The lowest BCUT2D eigenvalue weighted by Crippen LogP contribution is -2.32. The van der Waals surface area contributed by atoms with E-state index in [0.29, 0.717) is 31.7 Å². The molecular weight excluding hydrogens is 427 g/mol. The number of alkyl halides is 3. The van der Waals surface area contributed by atoms with Gasteiger partial charge in [-0.3, -0.25) is 14.2 Å². The van der Waals surface area contributed by atoms with Crippen molar-refractivity contribution in [2.75, 3.05) is 6.54 Å². The van der Waals surface area contributed by atoms with Crippen molar-refractivity contribution in [1.29, 1.82) is 0 Å². The molecule has 2 aromatic heterocycles. The van der Waals surface area contributed by atoms with E-state index < -0.39 is 11.9 Å². The van der Waals surface area contributed by atoms with Crippen LogP contribution in [0, 0.1) is 5.92 Å². The van der Waals surface area contributed by atoms with E-state index in [1.807, 2.05) is 0 Å². The molecule has 1 saturated carbocycles. The van der Waals surface area contributed by atoms with Gasteiger partial charge in [-0.25, -0.2) is 0 Å². The molecule has 0 aliphatic heterocycles. The first-order chi connectivity index (χ1) is 12.7. The van der Waals surface area contributed by atoms with Crippen molar-refractivity contribution in [3.8, 4) is 0 Å². The van der Waals surface area contributed by atoms with Crippen LogP contribution in [0.2, 0.25) is 0 Å². The molecule has 1 atom stereocenters. The highest BCUT2D eigenvalue weighted by molar-refractivity contribution is 9.10. The lowest BCUT2D eigenvalue weighted by Gasteiger charge is -2.13. The smallest absolute Gasteiger partial charge is 0.356 e. The average Bonchev–Trinajstić information content (AvgIpc) is 3.21. The van der Waals surface area contributed by atoms with Crippen molar-refractivity contribution < 1.29 is 18.0 Å². The van der Waals surface area contributed by atoms with Crippen LogP contribution in [-0.4, -0.2) is 32.0 Å². The van der Waals surface area contributed by atoms with Crippen LogP contribution in [0.5, 0.6) is 0 Å². The Bertz CT molecular complexity index is 797. The summed E-state index contributed by atoms with van der Waals surface area (Å²) in [6.45, 7) is 3.00. The summed E-state index contributed by atoms with van der Waals surface area (Å²) in [4.78, 5) is 12.2. The fourth-order valence-corrected chi connectivity index (χ4v) is 3.20. The van der Waals surface area contributed by atoms with Gasteiger partial charge in [0.2, 0.25) is 5.91 Å². The molecule has 1 N–H and O–H groups in total. The molecule has 3 rings (SSSR count). The number of halogens is 4. The molecular formula is C17H21BrF3N5O. The first kappa shape index (κ1) is 19.9. The van der Waals surface area contributed by atoms with Gasteiger partial charge in [0, 0.05) is 30.9 Å². The second-order valence-electron chi connectivity index (χ2n) is 6.88. The van der Waals surface area contributed by atoms with Gasteiger partial charge in [-0.05, 0) is 41.3 Å². The Morgan fingerprint density at radius 3 is 2.78 bits per heavy atom. The molecule has 0 bridgehead atoms. The third-order valence-electron chi connectivity index (χ3n) is 4.45. The topological polar surface area (TPSA) is 64.7 Å². The maximum Gasteiger partial charge on any atom is 0.435 e. The number of aromatic nitrogens is 4.